The molecule has 0 amide bonds. The normalized spacial score (nSPS) is 19.0. The molecule has 0 aliphatic carbocycles. The van der Waals surface area contributed by atoms with Crippen molar-refractivity contribution in [1.82, 2.24) is 0 Å². The number of hydrogen-bond donors (Lipinski definition) is 7. The van der Waals surface area contributed by atoms with Crippen LogP contribution in [0.5, 0.6) is 0 Å². The minimum Gasteiger partial charge on any atom is -1.00 e. The number of carbonyl (C=O) groups is 1. The molecular formula is C6H15NaO12P2. The maximum Gasteiger partial charge on any atom is 1.00 e. The predicted molar refractivity (Wildman–Crippen MR) is 60.1 cm³/mol. The van der Waals surface area contributed by atoms with E-state index in [1.165, 1.54) is 0 Å². The van der Waals surface area contributed by atoms with E-state index in [2.05, 4.69) is 8.83 Å². The smallest absolute Gasteiger partial charge is 1.00 e. The van der Waals surface area contributed by atoms with Crippen LogP contribution in [0, 0.1) is 0 Å². The van der Waals surface area contributed by atoms with Crippen LogP contribution in [0.2, 0.25) is 0 Å². The number of Topliss-reactive ketones (excluding diaryl/α,β-unsaturated/α-hetero) is 1. The van der Waals surface area contributed by atoms with Crippen molar-refractivity contribution in [3.05, 3.63) is 0 Å². The van der Waals surface area contributed by atoms with Gasteiger partial charge >= 0.3 is 45.2 Å². The summed E-state index contributed by atoms with van der Waals surface area (Å²) in [6, 6.07) is 0. The second kappa shape index (κ2) is 9.81. The molecule has 0 aliphatic rings. The molecule has 12 nitrogen and oxygen atoms in total. The monoisotopic (exact) mass is 364 g/mol. The molecule has 0 aromatic heterocycles. The Kier molecular flexibility index (Phi) is 11.2. The molecule has 0 bridgehead atoms. The minimum absolute atomic E-state index is 0. The third kappa shape index (κ3) is 10.2. The first-order valence-electron chi connectivity index (χ1n) is 4.81. The van der Waals surface area contributed by atoms with Crippen LogP contribution in [-0.4, -0.2) is 72.4 Å². The fourth-order valence-electron chi connectivity index (χ4n) is 0.897. The summed E-state index contributed by atoms with van der Waals surface area (Å²) in [6.45, 7) is -2.31. The number of phosphoric acid groups is 2. The molecule has 0 fully saturated rings. The van der Waals surface area contributed by atoms with Crippen molar-refractivity contribution in [2.75, 3.05) is 13.2 Å². The Morgan fingerprint density at radius 3 is 2.00 bits per heavy atom. The molecule has 0 aromatic carbocycles. The van der Waals surface area contributed by atoms with Gasteiger partial charge in [0.25, 0.3) is 0 Å². The van der Waals surface area contributed by atoms with Crippen molar-refractivity contribution in [3.63, 3.8) is 0 Å². The van der Waals surface area contributed by atoms with Gasteiger partial charge in [-0.3, -0.25) is 9.32 Å². The molecule has 15 heteroatoms. The van der Waals surface area contributed by atoms with Gasteiger partial charge in [0.1, 0.15) is 24.9 Å². The van der Waals surface area contributed by atoms with Crippen LogP contribution in [0.25, 0.3) is 0 Å². The summed E-state index contributed by atoms with van der Waals surface area (Å²) in [4.78, 5) is 36.5. The van der Waals surface area contributed by atoms with Crippen LogP contribution in [0.3, 0.4) is 0 Å². The summed E-state index contributed by atoms with van der Waals surface area (Å²) in [5.74, 6) is -1.39. The first-order chi connectivity index (χ1) is 8.89. The van der Waals surface area contributed by atoms with Gasteiger partial charge in [-0.25, -0.2) is 9.13 Å². The van der Waals surface area contributed by atoms with E-state index in [1.807, 2.05) is 0 Å². The Bertz CT molecular complexity index is 428. The van der Waals surface area contributed by atoms with Gasteiger partial charge in [-0.15, -0.1) is 0 Å². The summed E-state index contributed by atoms with van der Waals surface area (Å²) >= 11 is 0. The number of aliphatic hydroxyl groups is 4. The van der Waals surface area contributed by atoms with Gasteiger partial charge in [-0.05, 0) is 0 Å². The van der Waals surface area contributed by atoms with E-state index < -0.39 is 53.0 Å². The fraction of sp³-hybridized carbons (Fsp3) is 0.833. The van der Waals surface area contributed by atoms with Crippen LogP contribution in [0.15, 0.2) is 0 Å². The number of rotatable bonds is 9. The van der Waals surface area contributed by atoms with Crippen LogP contribution >= 0.6 is 15.6 Å². The molecule has 0 spiro atoms. The molecule has 0 aliphatic heterocycles. The standard InChI is InChI=1S/C6H14O12P2.Na.H/c7-1-3(8)5(10)6(11)4(9)2-17-20(15,16)18-19(12,13)14;;/h3,5-8,10-11H,1-2H2,(H,15,16)(H2,12,13,14);;/q;+1;-1/t3-,5-,6-;;/m1../s1. The van der Waals surface area contributed by atoms with Crippen molar-refractivity contribution >= 4 is 21.4 Å². The molecular weight excluding hydrogens is 349 g/mol. The molecule has 0 saturated heterocycles. The van der Waals surface area contributed by atoms with E-state index >= 15 is 0 Å². The fourth-order valence-corrected chi connectivity index (χ4v) is 2.45. The quantitative estimate of drug-likeness (QED) is 0.150. The van der Waals surface area contributed by atoms with E-state index in [-0.39, 0.29) is 31.0 Å². The first-order valence-corrected chi connectivity index (χ1v) is 7.84. The van der Waals surface area contributed by atoms with E-state index in [1.54, 1.807) is 0 Å². The van der Waals surface area contributed by atoms with E-state index in [4.69, 9.17) is 30.0 Å². The summed E-state index contributed by atoms with van der Waals surface area (Å²) in [7, 11) is -10.6. The van der Waals surface area contributed by atoms with Crippen molar-refractivity contribution in [3.8, 4) is 0 Å². The van der Waals surface area contributed by atoms with Crippen LogP contribution in [0.1, 0.15) is 1.43 Å². The average Bonchev–Trinajstić information content (AvgIpc) is 2.30. The summed E-state index contributed by atoms with van der Waals surface area (Å²) in [6.07, 6.45) is -6.19. The molecule has 122 valence electrons. The number of aliphatic hydroxyl groups excluding tert-OH is 4. The first kappa shape index (κ1) is 24.0. The molecule has 0 radical (unpaired) electrons. The van der Waals surface area contributed by atoms with Crippen molar-refractivity contribution in [1.29, 1.82) is 0 Å². The SMILES string of the molecule is O=C(COP(=O)(O)OP(=O)(O)O)[C@@H](O)[C@H](O)[C@H](O)CO.[H-].[Na+]. The number of hydrogen-bond acceptors (Lipinski definition) is 9. The van der Waals surface area contributed by atoms with E-state index in [0.717, 1.165) is 0 Å². The van der Waals surface area contributed by atoms with Gasteiger partial charge in [-0.2, -0.15) is 4.31 Å². The molecule has 0 saturated carbocycles. The Morgan fingerprint density at radius 1 is 1.14 bits per heavy atom. The largest absolute Gasteiger partial charge is 1.00 e. The van der Waals surface area contributed by atoms with Gasteiger partial charge in [0.05, 0.1) is 6.61 Å². The zero-order chi connectivity index (χ0) is 16.1. The number of carbonyl (C=O) groups excluding carboxylic acids is 1. The Hall–Kier alpha value is 0.770. The van der Waals surface area contributed by atoms with E-state index in [9.17, 15) is 19.0 Å². The van der Waals surface area contributed by atoms with Crippen LogP contribution in [-0.2, 0) is 22.8 Å². The van der Waals surface area contributed by atoms with Gasteiger partial charge < -0.3 is 36.5 Å². The number of ketones is 1. The minimum atomic E-state index is -5.34. The maximum absolute atomic E-state index is 11.2. The van der Waals surface area contributed by atoms with Gasteiger partial charge in [0.2, 0.25) is 0 Å². The summed E-state index contributed by atoms with van der Waals surface area (Å²) in [5, 5.41) is 35.8. The molecule has 1 unspecified atom stereocenters. The topological polar surface area (TPSA) is 211 Å². The molecule has 0 heterocycles. The molecule has 0 aromatic rings. The van der Waals surface area contributed by atoms with Gasteiger partial charge in [-0.1, -0.05) is 0 Å². The summed E-state index contributed by atoms with van der Waals surface area (Å²) in [5.41, 5.74) is 0. The molecule has 4 atom stereocenters. The van der Waals surface area contributed by atoms with Gasteiger partial charge in [0.15, 0.2) is 5.78 Å². The molecule has 21 heavy (non-hydrogen) atoms. The van der Waals surface area contributed by atoms with Gasteiger partial charge in [0, 0.05) is 0 Å². The van der Waals surface area contributed by atoms with Crippen LogP contribution < -0.4 is 29.6 Å². The van der Waals surface area contributed by atoms with Crippen LogP contribution in [0.4, 0.5) is 0 Å². The third-order valence-corrected chi connectivity index (χ3v) is 3.95. The molecule has 0 rings (SSSR count). The maximum atomic E-state index is 11.2. The zero-order valence-electron chi connectivity index (χ0n) is 11.7. The summed E-state index contributed by atoms with van der Waals surface area (Å²) < 4.78 is 28.5. The molecule has 7 N–H and O–H groups in total. The second-order valence-electron chi connectivity index (χ2n) is 3.47. The van der Waals surface area contributed by atoms with Crippen molar-refractivity contribution < 1.29 is 88.8 Å². The Balaban J connectivity index is -0.00000180. The third-order valence-electron chi connectivity index (χ3n) is 1.81. The number of phosphoric ester groups is 1. The van der Waals surface area contributed by atoms with Crippen molar-refractivity contribution in [2.24, 2.45) is 0 Å². The Labute approximate surface area is 142 Å². The van der Waals surface area contributed by atoms with E-state index in [0.29, 0.717) is 0 Å². The zero-order valence-corrected chi connectivity index (χ0v) is 14.5. The Morgan fingerprint density at radius 2 is 1.62 bits per heavy atom. The predicted octanol–water partition coefficient (Wildman–Crippen LogP) is -6.03. The average molecular weight is 364 g/mol. The second-order valence-corrected chi connectivity index (χ2v) is 6.30. The van der Waals surface area contributed by atoms with Crippen molar-refractivity contribution in [2.45, 2.75) is 18.3 Å².